The number of likely N-dealkylation sites (tertiary alicyclic amines) is 2. The Morgan fingerprint density at radius 3 is 1.70 bits per heavy atom. The third-order valence-electron chi connectivity index (χ3n) is 12.8. The van der Waals surface area contributed by atoms with E-state index in [-0.39, 0.29) is 0 Å². The number of nitrogens with two attached hydrogens (primary N) is 1. The number of benzene rings is 2. The normalized spacial score (nSPS) is 17.1. The van der Waals surface area contributed by atoms with Crippen LogP contribution in [-0.2, 0) is 0 Å². The first-order chi connectivity index (χ1) is 30.2. The molecular formula is C61H99N3. The Kier molecular flexibility index (Phi) is 29.0. The summed E-state index contributed by atoms with van der Waals surface area (Å²) in [6, 6.07) is 16.1. The van der Waals surface area contributed by atoms with Crippen LogP contribution in [0.25, 0.3) is 22.4 Å². The molecule has 1 unspecified atom stereocenters. The molecule has 2 aromatic carbocycles. The number of hydrogen-bond donors (Lipinski definition) is 1. The molecule has 0 bridgehead atoms. The highest BCUT2D eigenvalue weighted by Crippen LogP contribution is 2.45. The minimum absolute atomic E-state index is 0.549. The van der Waals surface area contributed by atoms with Crippen LogP contribution in [0.3, 0.4) is 0 Å². The van der Waals surface area contributed by atoms with Gasteiger partial charge in [-0.2, -0.15) is 0 Å². The molecule has 3 nitrogen and oxygen atoms in total. The Bertz CT molecular complexity index is 1820. The number of unbranched alkanes of at least 4 members (excludes halogenated alkanes) is 1. The molecule has 0 aromatic heterocycles. The van der Waals surface area contributed by atoms with E-state index in [1.165, 1.54) is 129 Å². The number of nitrogens with zero attached hydrogens (tertiary/aromatic N) is 2. The molecule has 1 atom stereocenters. The van der Waals surface area contributed by atoms with Crippen LogP contribution in [0, 0.1) is 17.8 Å². The summed E-state index contributed by atoms with van der Waals surface area (Å²) in [6.07, 6.45) is 18.8. The van der Waals surface area contributed by atoms with Crippen LogP contribution in [0.5, 0.6) is 0 Å². The van der Waals surface area contributed by atoms with Crippen molar-refractivity contribution in [2.45, 2.75) is 181 Å². The van der Waals surface area contributed by atoms with Crippen molar-refractivity contribution >= 4 is 11.3 Å². The third-order valence-corrected chi connectivity index (χ3v) is 12.8. The van der Waals surface area contributed by atoms with Gasteiger partial charge < -0.3 is 10.6 Å². The average molecular weight is 874 g/mol. The molecule has 3 aliphatic rings. The van der Waals surface area contributed by atoms with Crippen molar-refractivity contribution in [3.05, 3.63) is 144 Å². The summed E-state index contributed by atoms with van der Waals surface area (Å²) in [6.45, 7) is 57.5. The maximum Gasteiger partial charge on any atom is 0.0393 e. The van der Waals surface area contributed by atoms with Gasteiger partial charge in [-0.25, -0.2) is 0 Å². The van der Waals surface area contributed by atoms with Gasteiger partial charge in [0.2, 0.25) is 0 Å². The average Bonchev–Trinajstić information content (AvgIpc) is 3.61. The van der Waals surface area contributed by atoms with Crippen molar-refractivity contribution in [3.8, 4) is 11.1 Å². The van der Waals surface area contributed by atoms with Gasteiger partial charge >= 0.3 is 0 Å². The smallest absolute Gasteiger partial charge is 0.0393 e. The highest BCUT2D eigenvalue weighted by Gasteiger charge is 2.45. The van der Waals surface area contributed by atoms with Crippen LogP contribution in [0.15, 0.2) is 127 Å². The topological polar surface area (TPSA) is 32.5 Å². The molecule has 2 fully saturated rings. The molecule has 5 rings (SSSR count). The first-order valence-corrected chi connectivity index (χ1v) is 24.9. The minimum atomic E-state index is 0.549. The van der Waals surface area contributed by atoms with Crippen LogP contribution >= 0.6 is 0 Å². The Labute approximate surface area is 398 Å². The summed E-state index contributed by atoms with van der Waals surface area (Å²) in [4.78, 5) is 5.11. The van der Waals surface area contributed by atoms with Gasteiger partial charge in [-0.1, -0.05) is 134 Å². The van der Waals surface area contributed by atoms with Gasteiger partial charge in [0.25, 0.3) is 0 Å². The predicted molar refractivity (Wildman–Crippen MR) is 294 cm³/mol. The molecular weight excluding hydrogens is 775 g/mol. The summed E-state index contributed by atoms with van der Waals surface area (Å²) in [5.74, 6) is 0. The second-order valence-electron chi connectivity index (χ2n) is 19.3. The van der Waals surface area contributed by atoms with E-state index in [0.717, 1.165) is 29.0 Å². The van der Waals surface area contributed by atoms with Gasteiger partial charge in [-0.3, -0.25) is 4.90 Å². The largest absolute Gasteiger partial charge is 0.398 e. The SMILES string of the molecule is C/C=C(\C)c1cccc(-c2cccc(/C(N)=C/C3=C(CCCC)C(N4CC(CC)(CC)C4)CC3)c2C)c1.C=C(C)C.C=C(C)C.C=C(C)C(=C)N1CC(CC)(CC)C1.C=CC.CCC. The summed E-state index contributed by atoms with van der Waals surface area (Å²) in [5.41, 5.74) is 24.1. The fraction of sp³-hybridized carbons (Fsp3) is 0.541. The Morgan fingerprint density at radius 2 is 1.25 bits per heavy atom. The zero-order valence-electron chi connectivity index (χ0n) is 44.8. The number of hydrogen-bond acceptors (Lipinski definition) is 3. The highest BCUT2D eigenvalue weighted by atomic mass is 15.2. The second-order valence-corrected chi connectivity index (χ2v) is 19.3. The molecule has 2 saturated heterocycles. The van der Waals surface area contributed by atoms with E-state index in [9.17, 15) is 0 Å². The van der Waals surface area contributed by atoms with Crippen molar-refractivity contribution in [2.24, 2.45) is 16.6 Å². The quantitative estimate of drug-likeness (QED) is 0.152. The third kappa shape index (κ3) is 19.2. The van der Waals surface area contributed by atoms with Crippen LogP contribution in [0.4, 0.5) is 0 Å². The van der Waals surface area contributed by atoms with Gasteiger partial charge in [0, 0.05) is 54.6 Å². The lowest BCUT2D eigenvalue weighted by Gasteiger charge is -2.53. The molecule has 2 aliphatic heterocycles. The Balaban J connectivity index is 0.00000120. The van der Waals surface area contributed by atoms with Gasteiger partial charge in [0.15, 0.2) is 0 Å². The van der Waals surface area contributed by atoms with E-state index >= 15 is 0 Å². The van der Waals surface area contributed by atoms with Crippen molar-refractivity contribution in [3.63, 3.8) is 0 Å². The lowest BCUT2D eigenvalue weighted by Crippen LogP contribution is -2.59. The van der Waals surface area contributed by atoms with Crippen LogP contribution < -0.4 is 5.73 Å². The molecule has 3 heteroatoms. The summed E-state index contributed by atoms with van der Waals surface area (Å²) >= 11 is 0. The van der Waals surface area contributed by atoms with Crippen molar-refractivity contribution in [1.82, 2.24) is 9.80 Å². The molecule has 64 heavy (non-hydrogen) atoms. The van der Waals surface area contributed by atoms with Crippen molar-refractivity contribution in [1.29, 1.82) is 0 Å². The first-order valence-electron chi connectivity index (χ1n) is 24.9. The van der Waals surface area contributed by atoms with Crippen LogP contribution in [-0.4, -0.2) is 42.0 Å². The number of allylic oxidation sites excluding steroid dienone is 8. The van der Waals surface area contributed by atoms with Crippen molar-refractivity contribution < 1.29 is 0 Å². The van der Waals surface area contributed by atoms with E-state index in [1.54, 1.807) is 11.6 Å². The fourth-order valence-corrected chi connectivity index (χ4v) is 8.38. The van der Waals surface area contributed by atoms with Gasteiger partial charge in [-0.15, -0.1) is 19.7 Å². The van der Waals surface area contributed by atoms with E-state index in [0.29, 0.717) is 16.9 Å². The predicted octanol–water partition coefficient (Wildman–Crippen LogP) is 18.1. The first kappa shape index (κ1) is 59.9. The number of rotatable bonds is 14. The molecule has 0 spiro atoms. The van der Waals surface area contributed by atoms with Crippen molar-refractivity contribution in [2.75, 3.05) is 26.2 Å². The van der Waals surface area contributed by atoms with E-state index in [4.69, 9.17) is 5.73 Å². The fourth-order valence-electron chi connectivity index (χ4n) is 8.38. The molecule has 2 aromatic rings. The maximum absolute atomic E-state index is 6.87. The van der Waals surface area contributed by atoms with Gasteiger partial charge in [0.1, 0.15) is 0 Å². The van der Waals surface area contributed by atoms with E-state index < -0.39 is 0 Å². The van der Waals surface area contributed by atoms with Crippen LogP contribution in [0.2, 0.25) is 0 Å². The van der Waals surface area contributed by atoms with Gasteiger partial charge in [-0.05, 0) is 176 Å². The summed E-state index contributed by atoms with van der Waals surface area (Å²) in [5, 5.41) is 0. The molecule has 0 saturated carbocycles. The molecule has 2 N–H and O–H groups in total. The Hall–Kier alpha value is -4.08. The summed E-state index contributed by atoms with van der Waals surface area (Å²) in [7, 11) is 0. The molecule has 0 radical (unpaired) electrons. The highest BCUT2D eigenvalue weighted by molar-refractivity contribution is 5.79. The summed E-state index contributed by atoms with van der Waals surface area (Å²) < 4.78 is 0. The lowest BCUT2D eigenvalue weighted by atomic mass is 9.74. The molecule has 358 valence electrons. The van der Waals surface area contributed by atoms with Crippen LogP contribution in [0.1, 0.15) is 185 Å². The van der Waals surface area contributed by atoms with Gasteiger partial charge in [0.05, 0.1) is 0 Å². The maximum atomic E-state index is 6.87. The minimum Gasteiger partial charge on any atom is -0.398 e. The lowest BCUT2D eigenvalue weighted by molar-refractivity contribution is -0.0277. The van der Waals surface area contributed by atoms with E-state index in [2.05, 4.69) is 167 Å². The molecule has 0 amide bonds. The zero-order chi connectivity index (χ0) is 49.2. The molecule has 1 aliphatic carbocycles. The Morgan fingerprint density at radius 1 is 0.766 bits per heavy atom. The second kappa shape index (κ2) is 30.9. The van der Waals surface area contributed by atoms with E-state index in [1.807, 2.05) is 41.5 Å². The standard InChI is InChI=1S/C35H48N2.C12H21N.2C4H8.C3H8.C3H6/c1-7-11-16-32-29(19-20-34(32)37-23-35(9-3,10-4)24-37)22-33(36)31-18-13-17-30(26(31)6)28-15-12-14-27(21-28)25(5)8-2;1-6-12(7-2)8-13(9-12)11(5)10(3)4;2*1-4(2)3;2*1-3-2/h8,12-15,17-18,21-22,34H,7,9-11,16,19-20,23-24,36H2,1-6H3;3,5-9H2,1-2,4H3;2*1H2,2-3H3;3H2,1-2H3;3H,1H2,2H3/b25-8+,33-22-;;;;;. The monoisotopic (exact) mass is 874 g/mol. The molecule has 2 heterocycles. The zero-order valence-corrected chi connectivity index (χ0v) is 44.8.